The number of hydrogen-bond acceptors (Lipinski definition) is 0. The normalized spacial score (nSPS) is 12.8. The zero-order valence-corrected chi connectivity index (χ0v) is 19.2. The van der Waals surface area contributed by atoms with Gasteiger partial charge >= 0.3 is 0 Å². The van der Waals surface area contributed by atoms with Crippen LogP contribution in [0.1, 0.15) is 123 Å². The largest absolute Gasteiger partial charge is 1.00 e. The first-order chi connectivity index (χ1) is 11.5. The van der Waals surface area contributed by atoms with Crippen molar-refractivity contribution in [1.82, 2.24) is 0 Å². The molecule has 0 aliphatic heterocycles. The summed E-state index contributed by atoms with van der Waals surface area (Å²) < 4.78 is 1.16. The molecule has 1 unspecified atom stereocenters. The minimum atomic E-state index is 0. The molecule has 0 aliphatic rings. The average molecular weight is 376 g/mol. The molecule has 0 amide bonds. The van der Waals surface area contributed by atoms with E-state index < -0.39 is 0 Å². The summed E-state index contributed by atoms with van der Waals surface area (Å²) in [6.07, 6.45) is 24.5. The van der Waals surface area contributed by atoms with Crippen LogP contribution in [0, 0.1) is 0 Å². The van der Waals surface area contributed by atoms with Crippen LogP contribution in [0.3, 0.4) is 0 Å². The highest BCUT2D eigenvalue weighted by Gasteiger charge is 2.22. The van der Waals surface area contributed by atoms with Crippen molar-refractivity contribution in [1.29, 1.82) is 0 Å². The Morgan fingerprint density at radius 3 is 1.04 bits per heavy atom. The van der Waals surface area contributed by atoms with Gasteiger partial charge in [-0.25, -0.2) is 0 Å². The van der Waals surface area contributed by atoms with Crippen molar-refractivity contribution in [2.45, 2.75) is 129 Å². The molecule has 0 rings (SSSR count). The van der Waals surface area contributed by atoms with Crippen molar-refractivity contribution in [3.63, 3.8) is 0 Å². The van der Waals surface area contributed by atoms with E-state index in [2.05, 4.69) is 35.0 Å². The molecular formula is C23H50ClN. The van der Waals surface area contributed by atoms with Crippen molar-refractivity contribution >= 4 is 0 Å². The Hall–Kier alpha value is 0.250. The fraction of sp³-hybridized carbons (Fsp3) is 1.00. The summed E-state index contributed by atoms with van der Waals surface area (Å²) >= 11 is 0. The second-order valence-electron chi connectivity index (χ2n) is 8.94. The highest BCUT2D eigenvalue weighted by molar-refractivity contribution is 4.60. The predicted molar refractivity (Wildman–Crippen MR) is 112 cm³/mol. The van der Waals surface area contributed by atoms with E-state index in [-0.39, 0.29) is 12.4 Å². The summed E-state index contributed by atoms with van der Waals surface area (Å²) in [5, 5.41) is 0. The Morgan fingerprint density at radius 1 is 0.480 bits per heavy atom. The summed E-state index contributed by atoms with van der Waals surface area (Å²) in [6.45, 7) is 4.60. The zero-order valence-electron chi connectivity index (χ0n) is 18.4. The molecule has 0 saturated heterocycles. The molecule has 1 nitrogen and oxygen atoms in total. The number of nitrogens with zero attached hydrogens (tertiary/aromatic N) is 1. The molecule has 0 heterocycles. The van der Waals surface area contributed by atoms with E-state index >= 15 is 0 Å². The van der Waals surface area contributed by atoms with Gasteiger partial charge in [0.1, 0.15) is 0 Å². The van der Waals surface area contributed by atoms with E-state index in [4.69, 9.17) is 0 Å². The van der Waals surface area contributed by atoms with Crippen LogP contribution in [0.5, 0.6) is 0 Å². The van der Waals surface area contributed by atoms with Crippen LogP contribution in [0.4, 0.5) is 0 Å². The number of hydrogen-bond donors (Lipinski definition) is 0. The molecule has 0 spiro atoms. The third-order valence-corrected chi connectivity index (χ3v) is 5.63. The van der Waals surface area contributed by atoms with Gasteiger partial charge in [-0.2, -0.15) is 0 Å². The molecule has 154 valence electrons. The average Bonchev–Trinajstić information content (AvgIpc) is 2.53. The molecule has 0 aromatic heterocycles. The topological polar surface area (TPSA) is 0 Å². The third kappa shape index (κ3) is 18.8. The van der Waals surface area contributed by atoms with Gasteiger partial charge < -0.3 is 16.9 Å². The Bertz CT molecular complexity index is 247. The van der Waals surface area contributed by atoms with E-state index in [1.54, 1.807) is 0 Å². The first kappa shape index (κ1) is 27.5. The molecule has 0 fully saturated rings. The summed E-state index contributed by atoms with van der Waals surface area (Å²) in [7, 11) is 7.19. The molecule has 0 aromatic rings. The molecule has 0 saturated carbocycles. The lowest BCUT2D eigenvalue weighted by Crippen LogP contribution is -3.00. The van der Waals surface area contributed by atoms with Crippen molar-refractivity contribution < 1.29 is 16.9 Å². The third-order valence-electron chi connectivity index (χ3n) is 5.63. The Labute approximate surface area is 167 Å². The smallest absolute Gasteiger partial charge is 0.0884 e. The van der Waals surface area contributed by atoms with Crippen LogP contribution >= 0.6 is 0 Å². The fourth-order valence-corrected chi connectivity index (χ4v) is 3.77. The fourth-order valence-electron chi connectivity index (χ4n) is 3.77. The van der Waals surface area contributed by atoms with Crippen molar-refractivity contribution in [3.05, 3.63) is 0 Å². The van der Waals surface area contributed by atoms with E-state index in [1.807, 2.05) is 0 Å². The first-order valence-corrected chi connectivity index (χ1v) is 11.3. The standard InChI is InChI=1S/C23H50N.ClH/c1-6-8-10-12-14-15-16-18-20-22-23(24(3,4)5)21-19-17-13-11-9-7-2;/h23H,6-22H2,1-5H3;1H/q+1;/p-1. The Morgan fingerprint density at radius 2 is 0.760 bits per heavy atom. The van der Waals surface area contributed by atoms with Crippen LogP contribution in [0.2, 0.25) is 0 Å². The molecule has 0 aliphatic carbocycles. The van der Waals surface area contributed by atoms with Crippen molar-refractivity contribution in [2.75, 3.05) is 21.1 Å². The van der Waals surface area contributed by atoms with E-state index in [9.17, 15) is 0 Å². The minimum Gasteiger partial charge on any atom is -1.00 e. The van der Waals surface area contributed by atoms with Crippen LogP contribution in [0.25, 0.3) is 0 Å². The van der Waals surface area contributed by atoms with Gasteiger partial charge in [0.15, 0.2) is 0 Å². The van der Waals surface area contributed by atoms with Gasteiger partial charge in [-0.05, 0) is 25.7 Å². The predicted octanol–water partition coefficient (Wildman–Crippen LogP) is 4.74. The summed E-state index contributed by atoms with van der Waals surface area (Å²) in [4.78, 5) is 0. The zero-order chi connectivity index (χ0) is 18.1. The van der Waals surface area contributed by atoms with Crippen LogP contribution < -0.4 is 12.4 Å². The van der Waals surface area contributed by atoms with Crippen molar-refractivity contribution in [3.8, 4) is 0 Å². The second-order valence-corrected chi connectivity index (χ2v) is 8.94. The molecule has 25 heavy (non-hydrogen) atoms. The highest BCUT2D eigenvalue weighted by Crippen LogP contribution is 2.20. The molecule has 2 heteroatoms. The minimum absolute atomic E-state index is 0. The SMILES string of the molecule is CCCCCCCCCCCC(CCCCCCCC)[N+](C)(C)C.[Cl-]. The number of halogens is 1. The van der Waals surface area contributed by atoms with E-state index in [0.717, 1.165) is 10.5 Å². The maximum absolute atomic E-state index is 2.40. The Kier molecular flexibility index (Phi) is 20.9. The van der Waals surface area contributed by atoms with Gasteiger partial charge in [-0.15, -0.1) is 0 Å². The lowest BCUT2D eigenvalue weighted by molar-refractivity contribution is -0.896. The van der Waals surface area contributed by atoms with Gasteiger partial charge in [0.25, 0.3) is 0 Å². The van der Waals surface area contributed by atoms with Gasteiger partial charge in [-0.1, -0.05) is 97.3 Å². The summed E-state index contributed by atoms with van der Waals surface area (Å²) in [5.41, 5.74) is 0. The molecule has 1 atom stereocenters. The highest BCUT2D eigenvalue weighted by atomic mass is 35.5. The number of rotatable bonds is 18. The lowest BCUT2D eigenvalue weighted by atomic mass is 9.98. The molecule has 0 bridgehead atoms. The second kappa shape index (κ2) is 19.0. The Balaban J connectivity index is 0. The molecule has 0 radical (unpaired) electrons. The quantitative estimate of drug-likeness (QED) is 0.240. The van der Waals surface area contributed by atoms with Crippen LogP contribution in [0.15, 0.2) is 0 Å². The van der Waals surface area contributed by atoms with Gasteiger partial charge in [0.05, 0.1) is 27.2 Å². The van der Waals surface area contributed by atoms with Gasteiger partial charge in [-0.3, -0.25) is 0 Å². The number of quaternary nitrogens is 1. The maximum Gasteiger partial charge on any atom is 0.0884 e. The van der Waals surface area contributed by atoms with Gasteiger partial charge in [0, 0.05) is 0 Å². The monoisotopic (exact) mass is 375 g/mol. The van der Waals surface area contributed by atoms with Crippen LogP contribution in [-0.2, 0) is 0 Å². The lowest BCUT2D eigenvalue weighted by Gasteiger charge is -2.34. The summed E-state index contributed by atoms with van der Waals surface area (Å²) in [6, 6.07) is 0.876. The molecule has 0 N–H and O–H groups in total. The number of unbranched alkanes of at least 4 members (excludes halogenated alkanes) is 13. The van der Waals surface area contributed by atoms with E-state index in [0.29, 0.717) is 0 Å². The molecule has 0 aromatic carbocycles. The van der Waals surface area contributed by atoms with Crippen LogP contribution in [-0.4, -0.2) is 31.7 Å². The molecular weight excluding hydrogens is 326 g/mol. The maximum atomic E-state index is 2.40. The first-order valence-electron chi connectivity index (χ1n) is 11.3. The van der Waals surface area contributed by atoms with Crippen molar-refractivity contribution in [2.24, 2.45) is 0 Å². The van der Waals surface area contributed by atoms with E-state index in [1.165, 1.54) is 109 Å². The van der Waals surface area contributed by atoms with Gasteiger partial charge in [0.2, 0.25) is 0 Å². The summed E-state index contributed by atoms with van der Waals surface area (Å²) in [5.74, 6) is 0.